The van der Waals surface area contributed by atoms with Gasteiger partial charge in [0.15, 0.2) is 0 Å². The molecule has 1 fully saturated rings. The van der Waals surface area contributed by atoms with Gasteiger partial charge >= 0.3 is 0 Å². The highest BCUT2D eigenvalue weighted by Crippen LogP contribution is 2.29. The van der Waals surface area contributed by atoms with Gasteiger partial charge in [0.25, 0.3) is 5.91 Å². The number of carbonyl (C=O) groups excluding carboxylic acids is 2. The molecule has 0 radical (unpaired) electrons. The number of nitrogens with zero attached hydrogens (tertiary/aromatic N) is 1. The van der Waals surface area contributed by atoms with E-state index in [2.05, 4.69) is 17.4 Å². The fourth-order valence-corrected chi connectivity index (χ4v) is 3.91. The van der Waals surface area contributed by atoms with Crippen LogP contribution in [0.3, 0.4) is 0 Å². The zero-order valence-electron chi connectivity index (χ0n) is 16.9. The Morgan fingerprint density at radius 2 is 1.76 bits per heavy atom. The molecule has 2 amide bonds. The van der Waals surface area contributed by atoms with Gasteiger partial charge in [0.2, 0.25) is 5.91 Å². The first-order chi connectivity index (χ1) is 13.8. The SMILES string of the molecule is CC(C)C(NC(=O)c1cccc(N)c1)C(=O)N1CCC(c2ccc(Cl)cc2)CC1. The molecule has 0 saturated carbocycles. The van der Waals surface area contributed by atoms with E-state index in [9.17, 15) is 9.59 Å². The van der Waals surface area contributed by atoms with E-state index < -0.39 is 6.04 Å². The molecular formula is C23H28ClN3O2. The smallest absolute Gasteiger partial charge is 0.252 e. The van der Waals surface area contributed by atoms with Crippen LogP contribution in [-0.4, -0.2) is 35.8 Å². The second-order valence-electron chi connectivity index (χ2n) is 7.97. The van der Waals surface area contributed by atoms with Gasteiger partial charge in [-0.05, 0) is 60.6 Å². The largest absolute Gasteiger partial charge is 0.399 e. The second kappa shape index (κ2) is 9.31. The van der Waals surface area contributed by atoms with Crippen molar-refractivity contribution in [3.8, 4) is 0 Å². The molecule has 3 rings (SSSR count). The van der Waals surface area contributed by atoms with Gasteiger partial charge in [-0.3, -0.25) is 9.59 Å². The summed E-state index contributed by atoms with van der Waals surface area (Å²) in [6, 6.07) is 14.2. The molecular weight excluding hydrogens is 386 g/mol. The van der Waals surface area contributed by atoms with E-state index in [4.69, 9.17) is 17.3 Å². The van der Waals surface area contributed by atoms with Crippen LogP contribution in [0.4, 0.5) is 5.69 Å². The molecule has 1 saturated heterocycles. The van der Waals surface area contributed by atoms with E-state index in [1.807, 2.05) is 30.9 Å². The van der Waals surface area contributed by atoms with Gasteiger partial charge in [-0.25, -0.2) is 0 Å². The van der Waals surface area contributed by atoms with E-state index >= 15 is 0 Å². The van der Waals surface area contributed by atoms with Gasteiger partial charge in [-0.15, -0.1) is 0 Å². The topological polar surface area (TPSA) is 75.4 Å². The Kier molecular flexibility index (Phi) is 6.80. The Hall–Kier alpha value is -2.53. The minimum atomic E-state index is -0.559. The highest BCUT2D eigenvalue weighted by atomic mass is 35.5. The summed E-state index contributed by atoms with van der Waals surface area (Å²) in [5, 5.41) is 3.64. The lowest BCUT2D eigenvalue weighted by Crippen LogP contribution is -2.52. The summed E-state index contributed by atoms with van der Waals surface area (Å²) in [6.07, 6.45) is 1.81. The molecule has 2 aromatic rings. The zero-order valence-corrected chi connectivity index (χ0v) is 17.7. The fraction of sp³-hybridized carbons (Fsp3) is 0.391. The normalized spacial score (nSPS) is 15.9. The van der Waals surface area contributed by atoms with Crippen molar-refractivity contribution in [1.29, 1.82) is 0 Å². The van der Waals surface area contributed by atoms with E-state index in [0.29, 0.717) is 30.3 Å². The van der Waals surface area contributed by atoms with Crippen LogP contribution in [-0.2, 0) is 4.79 Å². The van der Waals surface area contributed by atoms with Crippen molar-refractivity contribution in [3.63, 3.8) is 0 Å². The average Bonchev–Trinajstić information content (AvgIpc) is 2.72. The number of likely N-dealkylation sites (tertiary alicyclic amines) is 1. The third kappa shape index (κ3) is 5.30. The summed E-state index contributed by atoms with van der Waals surface area (Å²) >= 11 is 5.98. The van der Waals surface area contributed by atoms with Crippen LogP contribution >= 0.6 is 11.6 Å². The number of nitrogens with two attached hydrogens (primary N) is 1. The highest BCUT2D eigenvalue weighted by Gasteiger charge is 2.31. The van der Waals surface area contributed by atoms with Crippen molar-refractivity contribution in [2.24, 2.45) is 5.92 Å². The van der Waals surface area contributed by atoms with Crippen molar-refractivity contribution >= 4 is 29.1 Å². The van der Waals surface area contributed by atoms with Gasteiger partial charge in [0.05, 0.1) is 0 Å². The molecule has 2 aromatic carbocycles. The number of carbonyl (C=O) groups is 2. The number of hydrogen-bond donors (Lipinski definition) is 2. The monoisotopic (exact) mass is 413 g/mol. The number of nitrogens with one attached hydrogen (secondary N) is 1. The molecule has 0 aliphatic carbocycles. The molecule has 29 heavy (non-hydrogen) atoms. The number of piperidine rings is 1. The number of halogens is 1. The first-order valence-electron chi connectivity index (χ1n) is 10.1. The molecule has 3 N–H and O–H groups in total. The van der Waals surface area contributed by atoms with Crippen LogP contribution in [0.1, 0.15) is 48.5 Å². The number of rotatable bonds is 5. The van der Waals surface area contributed by atoms with E-state index in [0.717, 1.165) is 17.9 Å². The second-order valence-corrected chi connectivity index (χ2v) is 8.41. The van der Waals surface area contributed by atoms with E-state index in [1.54, 1.807) is 24.3 Å². The average molecular weight is 414 g/mol. The summed E-state index contributed by atoms with van der Waals surface area (Å²) in [6.45, 7) is 5.26. The van der Waals surface area contributed by atoms with E-state index in [-0.39, 0.29) is 17.7 Å². The Bertz CT molecular complexity index is 859. The van der Waals surface area contributed by atoms with Gasteiger partial charge in [0, 0.05) is 29.4 Å². The predicted molar refractivity (Wildman–Crippen MR) is 117 cm³/mol. The minimum absolute atomic E-state index is 0.0125. The number of benzene rings is 2. The number of amides is 2. The molecule has 6 heteroatoms. The fourth-order valence-electron chi connectivity index (χ4n) is 3.78. The van der Waals surface area contributed by atoms with Crippen LogP contribution in [0.5, 0.6) is 0 Å². The Labute approximate surface area is 177 Å². The third-order valence-corrected chi connectivity index (χ3v) is 5.77. The number of nitrogen functional groups attached to an aromatic ring is 1. The maximum Gasteiger partial charge on any atom is 0.252 e. The quantitative estimate of drug-likeness (QED) is 0.725. The number of hydrogen-bond acceptors (Lipinski definition) is 3. The third-order valence-electron chi connectivity index (χ3n) is 5.52. The van der Waals surface area contributed by atoms with Crippen LogP contribution in [0.2, 0.25) is 5.02 Å². The summed E-state index contributed by atoms with van der Waals surface area (Å²) in [5.74, 6) is 0.115. The van der Waals surface area contributed by atoms with Gasteiger partial charge < -0.3 is 16.0 Å². The van der Waals surface area contributed by atoms with Crippen molar-refractivity contribution < 1.29 is 9.59 Å². The van der Waals surface area contributed by atoms with Crippen LogP contribution in [0.15, 0.2) is 48.5 Å². The molecule has 1 heterocycles. The maximum atomic E-state index is 13.1. The summed E-state index contributed by atoms with van der Waals surface area (Å²) in [4.78, 5) is 27.6. The van der Waals surface area contributed by atoms with Crippen molar-refractivity contribution in [2.45, 2.75) is 38.6 Å². The van der Waals surface area contributed by atoms with Gasteiger partial charge in [-0.2, -0.15) is 0 Å². The van der Waals surface area contributed by atoms with Crippen molar-refractivity contribution in [1.82, 2.24) is 10.2 Å². The van der Waals surface area contributed by atoms with Gasteiger partial charge in [-0.1, -0.05) is 43.6 Å². The molecule has 5 nitrogen and oxygen atoms in total. The van der Waals surface area contributed by atoms with Crippen LogP contribution in [0.25, 0.3) is 0 Å². The molecule has 1 aliphatic heterocycles. The molecule has 1 unspecified atom stereocenters. The van der Waals surface area contributed by atoms with Crippen molar-refractivity contribution in [2.75, 3.05) is 18.8 Å². The molecule has 0 aromatic heterocycles. The Morgan fingerprint density at radius 1 is 1.10 bits per heavy atom. The zero-order chi connectivity index (χ0) is 21.0. The molecule has 0 bridgehead atoms. The molecule has 0 spiro atoms. The summed E-state index contributed by atoms with van der Waals surface area (Å²) < 4.78 is 0. The standard InChI is InChI=1S/C23H28ClN3O2/c1-15(2)21(26-22(28)18-4-3-5-20(25)14-18)23(29)27-12-10-17(11-13-27)16-6-8-19(24)9-7-16/h3-9,14-15,17,21H,10-13,25H2,1-2H3,(H,26,28). The highest BCUT2D eigenvalue weighted by molar-refractivity contribution is 6.30. The van der Waals surface area contributed by atoms with Crippen LogP contribution < -0.4 is 11.1 Å². The number of anilines is 1. The lowest BCUT2D eigenvalue weighted by atomic mass is 9.89. The lowest BCUT2D eigenvalue weighted by molar-refractivity contribution is -0.135. The Balaban J connectivity index is 1.62. The van der Waals surface area contributed by atoms with Gasteiger partial charge in [0.1, 0.15) is 6.04 Å². The Morgan fingerprint density at radius 3 is 2.34 bits per heavy atom. The summed E-state index contributed by atoms with van der Waals surface area (Å²) in [7, 11) is 0. The molecule has 1 aliphatic rings. The minimum Gasteiger partial charge on any atom is -0.399 e. The first-order valence-corrected chi connectivity index (χ1v) is 10.4. The molecule has 1 atom stereocenters. The maximum absolute atomic E-state index is 13.1. The van der Waals surface area contributed by atoms with Crippen LogP contribution in [0, 0.1) is 5.92 Å². The predicted octanol–water partition coefficient (Wildman–Crippen LogP) is 4.08. The lowest BCUT2D eigenvalue weighted by Gasteiger charge is -2.35. The summed E-state index contributed by atoms with van der Waals surface area (Å²) in [5.41, 5.74) is 8.02. The van der Waals surface area contributed by atoms with Crippen molar-refractivity contribution in [3.05, 3.63) is 64.7 Å². The van der Waals surface area contributed by atoms with E-state index in [1.165, 1.54) is 5.56 Å². The molecule has 154 valence electrons. The first kappa shape index (κ1) is 21.2.